The lowest BCUT2D eigenvalue weighted by Crippen LogP contribution is -2.36. The molecule has 0 bridgehead atoms. The molecule has 9 nitrogen and oxygen atoms in total. The van der Waals surface area contributed by atoms with Gasteiger partial charge in [-0.3, -0.25) is 14.3 Å². The third kappa shape index (κ3) is 3.82. The normalized spacial score (nSPS) is 12.0. The Kier molecular flexibility index (Phi) is 5.22. The summed E-state index contributed by atoms with van der Waals surface area (Å²) in [6.07, 6.45) is 1.19. The first-order valence-electron chi connectivity index (χ1n) is 8.01. The number of nitrogens with one attached hydrogen (secondary N) is 1. The van der Waals surface area contributed by atoms with Gasteiger partial charge >= 0.3 is 5.69 Å². The summed E-state index contributed by atoms with van der Waals surface area (Å²) in [5, 5.41) is 9.17. The van der Waals surface area contributed by atoms with Crippen LogP contribution in [0.15, 0.2) is 39.0 Å². The van der Waals surface area contributed by atoms with Gasteiger partial charge in [-0.1, -0.05) is 23.7 Å². The number of benzene rings is 1. The quantitative estimate of drug-likeness (QED) is 0.602. The first-order chi connectivity index (χ1) is 12.7. The van der Waals surface area contributed by atoms with Crippen molar-refractivity contribution < 1.29 is 13.5 Å². The van der Waals surface area contributed by atoms with Crippen molar-refractivity contribution in [1.82, 2.24) is 19.1 Å². The molecule has 144 valence electrons. The van der Waals surface area contributed by atoms with Crippen LogP contribution in [0.1, 0.15) is 12.0 Å². The number of aromatic nitrogens is 4. The van der Waals surface area contributed by atoms with Gasteiger partial charge < -0.3 is 9.67 Å². The lowest BCUT2D eigenvalue weighted by atomic mass is 10.2. The van der Waals surface area contributed by atoms with E-state index in [0.29, 0.717) is 10.6 Å². The smallest absolute Gasteiger partial charge is 0.330 e. The molecule has 11 heteroatoms. The highest BCUT2D eigenvalue weighted by Crippen LogP contribution is 2.18. The third-order valence-electron chi connectivity index (χ3n) is 3.98. The fourth-order valence-corrected chi connectivity index (χ4v) is 3.70. The molecule has 0 aliphatic rings. The Labute approximate surface area is 158 Å². The molecule has 0 spiro atoms. The van der Waals surface area contributed by atoms with Gasteiger partial charge in [0.05, 0.1) is 6.54 Å². The average Bonchev–Trinajstić information content (AvgIpc) is 2.95. The largest absolute Gasteiger partial charge is 0.396 e. The second-order valence-electron chi connectivity index (χ2n) is 6.04. The van der Waals surface area contributed by atoms with Crippen LogP contribution < -0.4 is 11.2 Å². The molecule has 27 heavy (non-hydrogen) atoms. The number of H-pyrrole nitrogens is 1. The van der Waals surface area contributed by atoms with Gasteiger partial charge in [0.25, 0.3) is 5.56 Å². The highest BCUT2D eigenvalue weighted by molar-refractivity contribution is 7.90. The number of nitrogens with zero attached hydrogens (tertiary/aromatic N) is 3. The fraction of sp³-hybridized carbons (Fsp3) is 0.312. The number of aliphatic hydroxyl groups excluding tert-OH is 1. The predicted octanol–water partition coefficient (Wildman–Crippen LogP) is 0.374. The average molecular weight is 413 g/mol. The number of aliphatic hydroxyl groups is 1. The van der Waals surface area contributed by atoms with Crippen molar-refractivity contribution in [2.24, 2.45) is 0 Å². The van der Waals surface area contributed by atoms with Crippen LogP contribution in [-0.2, 0) is 22.9 Å². The maximum atomic E-state index is 12.8. The number of rotatable bonds is 6. The maximum Gasteiger partial charge on any atom is 0.330 e. The lowest BCUT2D eigenvalue weighted by molar-refractivity contribution is 0.278. The van der Waals surface area contributed by atoms with E-state index in [-0.39, 0.29) is 42.4 Å². The van der Waals surface area contributed by atoms with Crippen molar-refractivity contribution in [3.05, 3.63) is 55.7 Å². The molecule has 0 aliphatic heterocycles. The summed E-state index contributed by atoms with van der Waals surface area (Å²) in [5.74, 6) is 0. The Morgan fingerprint density at radius 2 is 1.85 bits per heavy atom. The van der Waals surface area contributed by atoms with Crippen LogP contribution in [0.5, 0.6) is 0 Å². The summed E-state index contributed by atoms with van der Waals surface area (Å²) in [6, 6.07) is 6.71. The molecule has 3 aromatic rings. The molecular formula is C16H17ClN4O5S. The molecule has 3 rings (SSSR count). The molecule has 0 radical (unpaired) electrons. The van der Waals surface area contributed by atoms with Crippen LogP contribution in [0.2, 0.25) is 5.02 Å². The number of hydrogen-bond acceptors (Lipinski definition) is 6. The van der Waals surface area contributed by atoms with E-state index in [9.17, 15) is 18.0 Å². The van der Waals surface area contributed by atoms with Crippen molar-refractivity contribution in [3.63, 3.8) is 0 Å². The molecular weight excluding hydrogens is 396 g/mol. The Morgan fingerprint density at radius 3 is 2.44 bits per heavy atom. The minimum absolute atomic E-state index is 0.000932. The zero-order valence-corrected chi connectivity index (χ0v) is 15.9. The van der Waals surface area contributed by atoms with Gasteiger partial charge in [-0.2, -0.15) is 4.98 Å². The van der Waals surface area contributed by atoms with E-state index in [1.54, 1.807) is 24.3 Å². The molecule has 0 saturated carbocycles. The molecule has 0 atom stereocenters. The molecule has 2 N–H and O–H groups in total. The first-order valence-corrected chi connectivity index (χ1v) is 10.3. The van der Waals surface area contributed by atoms with E-state index in [1.807, 2.05) is 0 Å². The van der Waals surface area contributed by atoms with Crippen LogP contribution in [-0.4, -0.2) is 45.5 Å². The zero-order valence-electron chi connectivity index (χ0n) is 14.3. The summed E-state index contributed by atoms with van der Waals surface area (Å²) < 4.78 is 26.6. The highest BCUT2D eigenvalue weighted by Gasteiger charge is 2.23. The van der Waals surface area contributed by atoms with Gasteiger partial charge in [0, 0.05) is 24.4 Å². The fourth-order valence-electron chi connectivity index (χ4n) is 2.76. The molecule has 0 unspecified atom stereocenters. The Morgan fingerprint density at radius 1 is 1.19 bits per heavy atom. The van der Waals surface area contributed by atoms with Crippen LogP contribution in [0.25, 0.3) is 11.2 Å². The maximum absolute atomic E-state index is 12.8. The van der Waals surface area contributed by atoms with Crippen LogP contribution in [0, 0.1) is 0 Å². The second kappa shape index (κ2) is 7.29. The van der Waals surface area contributed by atoms with Crippen molar-refractivity contribution in [3.8, 4) is 0 Å². The van der Waals surface area contributed by atoms with Gasteiger partial charge in [-0.25, -0.2) is 13.2 Å². The van der Waals surface area contributed by atoms with E-state index >= 15 is 0 Å². The van der Waals surface area contributed by atoms with Gasteiger partial charge in [0.15, 0.2) is 11.2 Å². The molecule has 1 aromatic carbocycles. The predicted molar refractivity (Wildman–Crippen MR) is 100.0 cm³/mol. The minimum atomic E-state index is -3.77. The van der Waals surface area contributed by atoms with Crippen LogP contribution >= 0.6 is 11.6 Å². The van der Waals surface area contributed by atoms with E-state index in [0.717, 1.165) is 10.8 Å². The van der Waals surface area contributed by atoms with Crippen molar-refractivity contribution in [2.45, 2.75) is 24.7 Å². The van der Waals surface area contributed by atoms with Crippen molar-refractivity contribution in [2.75, 3.05) is 12.9 Å². The topological polar surface area (TPSA) is 127 Å². The Balaban J connectivity index is 2.28. The summed E-state index contributed by atoms with van der Waals surface area (Å²) in [5.41, 5.74) is -0.797. The van der Waals surface area contributed by atoms with E-state index < -0.39 is 21.1 Å². The highest BCUT2D eigenvalue weighted by atomic mass is 35.5. The Hall–Kier alpha value is -2.43. The number of hydrogen-bond donors (Lipinski definition) is 2. The van der Waals surface area contributed by atoms with Gasteiger partial charge in [0.1, 0.15) is 0 Å². The van der Waals surface area contributed by atoms with Crippen molar-refractivity contribution in [1.29, 1.82) is 0 Å². The number of imidazole rings is 1. The zero-order chi connectivity index (χ0) is 19.8. The molecule has 0 amide bonds. The third-order valence-corrected chi connectivity index (χ3v) is 5.20. The molecule has 0 aliphatic carbocycles. The van der Waals surface area contributed by atoms with Crippen LogP contribution in [0.4, 0.5) is 0 Å². The first kappa shape index (κ1) is 19.3. The number of halogens is 1. The lowest BCUT2D eigenvalue weighted by Gasteiger charge is -2.09. The van der Waals surface area contributed by atoms with Gasteiger partial charge in [-0.05, 0) is 24.1 Å². The van der Waals surface area contributed by atoms with E-state index in [1.165, 1.54) is 4.57 Å². The summed E-state index contributed by atoms with van der Waals surface area (Å²) >= 11 is 5.88. The number of aromatic amines is 1. The summed E-state index contributed by atoms with van der Waals surface area (Å²) in [4.78, 5) is 31.4. The minimum Gasteiger partial charge on any atom is -0.396 e. The van der Waals surface area contributed by atoms with E-state index in [4.69, 9.17) is 16.7 Å². The van der Waals surface area contributed by atoms with Crippen molar-refractivity contribution >= 4 is 32.6 Å². The molecule has 0 fully saturated rings. The second-order valence-corrected chi connectivity index (χ2v) is 8.39. The standard InChI is InChI=1S/C16H17ClN4O5S/c1-27(25,26)16-19-13-12(14(23)20(7-2-8-22)15(24)18-13)21(16)9-10-3-5-11(17)6-4-10/h3-6,22H,2,7-9H2,1H3,(H,18,24). The summed E-state index contributed by atoms with van der Waals surface area (Å²) in [7, 11) is -3.77. The summed E-state index contributed by atoms with van der Waals surface area (Å²) in [6.45, 7) is -0.138. The van der Waals surface area contributed by atoms with Gasteiger partial charge in [-0.15, -0.1) is 0 Å². The van der Waals surface area contributed by atoms with E-state index in [2.05, 4.69) is 9.97 Å². The molecule has 0 saturated heterocycles. The SMILES string of the molecule is CS(=O)(=O)c1nc2[nH]c(=O)n(CCCO)c(=O)c2n1Cc1ccc(Cl)cc1. The Bertz CT molecular complexity index is 1210. The number of fused-ring (bicyclic) bond motifs is 1. The molecule has 2 heterocycles. The number of sulfone groups is 1. The van der Waals surface area contributed by atoms with Crippen LogP contribution in [0.3, 0.4) is 0 Å². The van der Waals surface area contributed by atoms with Gasteiger partial charge in [0.2, 0.25) is 15.0 Å². The monoisotopic (exact) mass is 412 g/mol. The molecule has 2 aromatic heterocycles.